The lowest BCUT2D eigenvalue weighted by Crippen LogP contribution is -2.20. The Bertz CT molecular complexity index is 101. The Morgan fingerprint density at radius 3 is 2.40 bits per heavy atom. The second-order valence-corrected chi connectivity index (χ2v) is 3.87. The van der Waals surface area contributed by atoms with Gasteiger partial charge in [0.05, 0.1) is 0 Å². The van der Waals surface area contributed by atoms with Crippen LogP contribution in [0.15, 0.2) is 0 Å². The van der Waals surface area contributed by atoms with Crippen LogP contribution in [0.3, 0.4) is 0 Å². The Morgan fingerprint density at radius 2 is 2.00 bits per heavy atom. The lowest BCUT2D eigenvalue weighted by molar-refractivity contribution is 0.404. The molecule has 1 nitrogen and oxygen atoms in total. The van der Waals surface area contributed by atoms with Crippen LogP contribution in [0.25, 0.3) is 0 Å². The van der Waals surface area contributed by atoms with Crippen molar-refractivity contribution in [2.45, 2.75) is 26.7 Å². The Morgan fingerprint density at radius 1 is 1.30 bits per heavy atom. The van der Waals surface area contributed by atoms with Crippen molar-refractivity contribution < 1.29 is 0 Å². The number of nitrogens with one attached hydrogen (secondary N) is 1. The molecule has 0 aromatic carbocycles. The average molecular weight is 141 g/mol. The molecule has 1 fully saturated rings. The van der Waals surface area contributed by atoms with Crippen molar-refractivity contribution >= 4 is 0 Å². The van der Waals surface area contributed by atoms with Crippen LogP contribution in [-0.4, -0.2) is 13.6 Å². The molecule has 0 aromatic heterocycles. The van der Waals surface area contributed by atoms with Gasteiger partial charge in [0.25, 0.3) is 0 Å². The fourth-order valence-corrected chi connectivity index (χ4v) is 2.22. The van der Waals surface area contributed by atoms with Crippen LogP contribution in [0, 0.1) is 17.8 Å². The van der Waals surface area contributed by atoms with E-state index in [2.05, 4.69) is 26.2 Å². The van der Waals surface area contributed by atoms with E-state index >= 15 is 0 Å². The number of hydrogen-bond acceptors (Lipinski definition) is 1. The van der Waals surface area contributed by atoms with Gasteiger partial charge >= 0.3 is 0 Å². The van der Waals surface area contributed by atoms with Gasteiger partial charge in [0.1, 0.15) is 0 Å². The molecule has 2 unspecified atom stereocenters. The predicted molar refractivity (Wildman–Crippen MR) is 45.0 cm³/mol. The van der Waals surface area contributed by atoms with Crippen LogP contribution >= 0.6 is 0 Å². The van der Waals surface area contributed by atoms with Gasteiger partial charge in [0, 0.05) is 0 Å². The van der Waals surface area contributed by atoms with Crippen molar-refractivity contribution in [1.29, 1.82) is 0 Å². The van der Waals surface area contributed by atoms with Gasteiger partial charge in [-0.05, 0) is 44.2 Å². The molecule has 0 aliphatic heterocycles. The first-order chi connectivity index (χ1) is 4.74. The minimum Gasteiger partial charge on any atom is -0.319 e. The molecule has 0 radical (unpaired) electrons. The van der Waals surface area contributed by atoms with Gasteiger partial charge < -0.3 is 5.32 Å². The topological polar surface area (TPSA) is 12.0 Å². The molecule has 0 saturated heterocycles. The fraction of sp³-hybridized carbons (Fsp3) is 1.00. The first-order valence-electron chi connectivity index (χ1n) is 4.38. The number of rotatable bonds is 2. The summed E-state index contributed by atoms with van der Waals surface area (Å²) in [5.41, 5.74) is 0. The Labute approximate surface area is 64.2 Å². The van der Waals surface area contributed by atoms with Gasteiger partial charge in [0.2, 0.25) is 0 Å². The van der Waals surface area contributed by atoms with E-state index in [4.69, 9.17) is 0 Å². The molecule has 60 valence electrons. The summed E-state index contributed by atoms with van der Waals surface area (Å²) in [5.74, 6) is 2.86. The first-order valence-corrected chi connectivity index (χ1v) is 4.38. The highest BCUT2D eigenvalue weighted by molar-refractivity contribution is 4.79. The van der Waals surface area contributed by atoms with Crippen LogP contribution in [0.1, 0.15) is 26.7 Å². The first kappa shape index (κ1) is 8.06. The average Bonchev–Trinajstić information content (AvgIpc) is 2.13. The van der Waals surface area contributed by atoms with E-state index in [0.717, 1.165) is 17.8 Å². The summed E-state index contributed by atoms with van der Waals surface area (Å²) in [5, 5.41) is 3.26. The molecular weight excluding hydrogens is 122 g/mol. The maximum absolute atomic E-state index is 3.26. The zero-order valence-electron chi connectivity index (χ0n) is 7.35. The highest BCUT2D eigenvalue weighted by atomic mass is 14.8. The van der Waals surface area contributed by atoms with Crippen molar-refractivity contribution in [3.63, 3.8) is 0 Å². The summed E-state index contributed by atoms with van der Waals surface area (Å²) in [6.45, 7) is 5.96. The smallest absolute Gasteiger partial charge is 0.00209 e. The monoisotopic (exact) mass is 141 g/mol. The fourth-order valence-electron chi connectivity index (χ4n) is 2.22. The molecule has 1 saturated carbocycles. The molecule has 0 heterocycles. The van der Waals surface area contributed by atoms with Crippen LogP contribution < -0.4 is 5.32 Å². The van der Waals surface area contributed by atoms with Gasteiger partial charge in [-0.1, -0.05) is 13.8 Å². The Kier molecular flexibility index (Phi) is 2.72. The lowest BCUT2D eigenvalue weighted by Gasteiger charge is -2.13. The molecule has 1 rings (SSSR count). The zero-order chi connectivity index (χ0) is 7.56. The van der Waals surface area contributed by atoms with Crippen molar-refractivity contribution in [2.75, 3.05) is 13.6 Å². The lowest BCUT2D eigenvalue weighted by atomic mass is 9.98. The molecule has 1 aliphatic rings. The van der Waals surface area contributed by atoms with E-state index in [0.29, 0.717) is 0 Å². The third kappa shape index (κ3) is 1.72. The van der Waals surface area contributed by atoms with Gasteiger partial charge in [0.15, 0.2) is 0 Å². The summed E-state index contributed by atoms with van der Waals surface area (Å²) in [6.07, 6.45) is 2.87. The summed E-state index contributed by atoms with van der Waals surface area (Å²) in [4.78, 5) is 0. The van der Waals surface area contributed by atoms with Crippen LogP contribution in [-0.2, 0) is 0 Å². The molecule has 10 heavy (non-hydrogen) atoms. The van der Waals surface area contributed by atoms with E-state index < -0.39 is 0 Å². The van der Waals surface area contributed by atoms with Crippen molar-refractivity contribution in [1.82, 2.24) is 5.32 Å². The number of hydrogen-bond donors (Lipinski definition) is 1. The van der Waals surface area contributed by atoms with Crippen LogP contribution in [0.5, 0.6) is 0 Å². The van der Waals surface area contributed by atoms with E-state index in [1.165, 1.54) is 19.4 Å². The molecule has 1 heteroatoms. The standard InChI is InChI=1S/C9H19N/c1-7-4-8(2)9(5-7)6-10-3/h7-10H,4-6H2,1-3H3/t7?,8-,9?/m0/s1. The third-order valence-electron chi connectivity index (χ3n) is 2.75. The SMILES string of the molecule is CNCC1CC(C)C[C@@H]1C. The van der Waals surface area contributed by atoms with E-state index in [9.17, 15) is 0 Å². The van der Waals surface area contributed by atoms with Gasteiger partial charge in [-0.15, -0.1) is 0 Å². The van der Waals surface area contributed by atoms with E-state index in [-0.39, 0.29) is 0 Å². The second-order valence-electron chi connectivity index (χ2n) is 3.87. The van der Waals surface area contributed by atoms with Crippen molar-refractivity contribution in [2.24, 2.45) is 17.8 Å². The van der Waals surface area contributed by atoms with Gasteiger partial charge in [-0.3, -0.25) is 0 Å². The molecular formula is C9H19N. The molecule has 0 aromatic rings. The zero-order valence-corrected chi connectivity index (χ0v) is 7.35. The molecule has 3 atom stereocenters. The molecule has 1 aliphatic carbocycles. The van der Waals surface area contributed by atoms with Crippen molar-refractivity contribution in [3.8, 4) is 0 Å². The largest absolute Gasteiger partial charge is 0.319 e. The Hall–Kier alpha value is -0.0400. The second kappa shape index (κ2) is 3.38. The summed E-state index contributed by atoms with van der Waals surface area (Å²) in [6, 6.07) is 0. The van der Waals surface area contributed by atoms with Crippen molar-refractivity contribution in [3.05, 3.63) is 0 Å². The summed E-state index contributed by atoms with van der Waals surface area (Å²) < 4.78 is 0. The Balaban J connectivity index is 2.31. The minimum absolute atomic E-state index is 0.944. The van der Waals surface area contributed by atoms with Gasteiger partial charge in [-0.2, -0.15) is 0 Å². The van der Waals surface area contributed by atoms with E-state index in [1.807, 2.05) is 0 Å². The summed E-state index contributed by atoms with van der Waals surface area (Å²) in [7, 11) is 2.05. The quantitative estimate of drug-likeness (QED) is 0.619. The third-order valence-corrected chi connectivity index (χ3v) is 2.75. The van der Waals surface area contributed by atoms with Crippen LogP contribution in [0.4, 0.5) is 0 Å². The molecule has 0 amide bonds. The normalized spacial score (nSPS) is 40.5. The molecule has 0 bridgehead atoms. The predicted octanol–water partition coefficient (Wildman–Crippen LogP) is 1.89. The highest BCUT2D eigenvalue weighted by Crippen LogP contribution is 2.34. The molecule has 1 N–H and O–H groups in total. The van der Waals surface area contributed by atoms with Gasteiger partial charge in [-0.25, -0.2) is 0 Å². The maximum atomic E-state index is 3.26. The van der Waals surface area contributed by atoms with E-state index in [1.54, 1.807) is 0 Å². The van der Waals surface area contributed by atoms with Crippen LogP contribution in [0.2, 0.25) is 0 Å². The highest BCUT2D eigenvalue weighted by Gasteiger charge is 2.27. The maximum Gasteiger partial charge on any atom is -0.00209 e. The molecule has 0 spiro atoms. The minimum atomic E-state index is 0.944. The summed E-state index contributed by atoms with van der Waals surface area (Å²) >= 11 is 0.